The second kappa shape index (κ2) is 5.65. The molecule has 2 rings (SSSR count). The van der Waals surface area contributed by atoms with Crippen LogP contribution in [0.2, 0.25) is 0 Å². The van der Waals surface area contributed by atoms with E-state index < -0.39 is 0 Å². The van der Waals surface area contributed by atoms with Gasteiger partial charge in [-0.3, -0.25) is 14.9 Å². The minimum atomic E-state index is 0.0119. The molecule has 0 aliphatic heterocycles. The second-order valence-electron chi connectivity index (χ2n) is 4.64. The quantitative estimate of drug-likeness (QED) is 0.908. The van der Waals surface area contributed by atoms with E-state index in [1.165, 1.54) is 5.56 Å². The molecule has 5 nitrogen and oxygen atoms in total. The van der Waals surface area contributed by atoms with Gasteiger partial charge in [0.25, 0.3) is 5.91 Å². The van der Waals surface area contributed by atoms with Crippen LogP contribution in [0.3, 0.4) is 0 Å². The number of aryl methyl sites for hydroxylation is 2. The molecule has 2 heterocycles. The molecular weight excluding hydrogens is 240 g/mol. The van der Waals surface area contributed by atoms with E-state index in [0.29, 0.717) is 12.1 Å². The third kappa shape index (κ3) is 2.99. The lowest BCUT2D eigenvalue weighted by atomic mass is 10.1. The summed E-state index contributed by atoms with van der Waals surface area (Å²) >= 11 is 0. The Morgan fingerprint density at radius 2 is 2.00 bits per heavy atom. The van der Waals surface area contributed by atoms with Crippen LogP contribution in [0.25, 0.3) is 0 Å². The topological polar surface area (TPSA) is 61.9 Å². The van der Waals surface area contributed by atoms with E-state index >= 15 is 0 Å². The first kappa shape index (κ1) is 13.3. The van der Waals surface area contributed by atoms with Crippen LogP contribution in [-0.4, -0.2) is 39.6 Å². The average Bonchev–Trinajstić information content (AvgIpc) is 2.76. The maximum absolute atomic E-state index is 12.3. The zero-order valence-electron chi connectivity index (χ0n) is 11.5. The SMILES string of the molecule is Cc1n[nH]c(C)c1C(=O)N(C)CCc1ccncc1. The molecule has 1 N–H and O–H groups in total. The maximum atomic E-state index is 12.3. The Balaban J connectivity index is 2.01. The highest BCUT2D eigenvalue weighted by atomic mass is 16.2. The van der Waals surface area contributed by atoms with Crippen molar-refractivity contribution in [2.75, 3.05) is 13.6 Å². The molecule has 0 atom stereocenters. The summed E-state index contributed by atoms with van der Waals surface area (Å²) < 4.78 is 0. The molecule has 0 aromatic carbocycles. The number of rotatable bonds is 4. The third-order valence-corrected chi connectivity index (χ3v) is 3.17. The van der Waals surface area contributed by atoms with E-state index in [-0.39, 0.29) is 5.91 Å². The van der Waals surface area contributed by atoms with E-state index in [2.05, 4.69) is 15.2 Å². The van der Waals surface area contributed by atoms with Crippen LogP contribution >= 0.6 is 0 Å². The highest BCUT2D eigenvalue weighted by Crippen LogP contribution is 2.12. The fraction of sp³-hybridized carbons (Fsp3) is 0.357. The van der Waals surface area contributed by atoms with Gasteiger partial charge in [0.1, 0.15) is 0 Å². The fourth-order valence-electron chi connectivity index (χ4n) is 2.00. The molecule has 5 heteroatoms. The highest BCUT2D eigenvalue weighted by molar-refractivity contribution is 5.96. The van der Waals surface area contributed by atoms with Gasteiger partial charge >= 0.3 is 0 Å². The number of nitrogens with zero attached hydrogens (tertiary/aromatic N) is 3. The van der Waals surface area contributed by atoms with Gasteiger partial charge in [-0.1, -0.05) is 0 Å². The molecule has 0 saturated carbocycles. The molecule has 2 aromatic rings. The number of carbonyl (C=O) groups excluding carboxylic acids is 1. The van der Waals surface area contributed by atoms with Gasteiger partial charge in [0, 0.05) is 31.7 Å². The average molecular weight is 258 g/mol. The van der Waals surface area contributed by atoms with Crippen molar-refractivity contribution in [1.82, 2.24) is 20.1 Å². The minimum absolute atomic E-state index is 0.0119. The van der Waals surface area contributed by atoms with Crippen molar-refractivity contribution < 1.29 is 4.79 Å². The number of hydrogen-bond donors (Lipinski definition) is 1. The van der Waals surface area contributed by atoms with Crippen LogP contribution in [-0.2, 0) is 6.42 Å². The smallest absolute Gasteiger partial charge is 0.257 e. The van der Waals surface area contributed by atoms with E-state index in [4.69, 9.17) is 0 Å². The first-order valence-corrected chi connectivity index (χ1v) is 6.25. The number of pyridine rings is 1. The van der Waals surface area contributed by atoms with Crippen molar-refractivity contribution in [3.05, 3.63) is 47.0 Å². The molecule has 0 saturated heterocycles. The molecule has 0 radical (unpaired) electrons. The summed E-state index contributed by atoms with van der Waals surface area (Å²) in [5.41, 5.74) is 3.42. The molecular formula is C14H18N4O. The fourth-order valence-corrected chi connectivity index (χ4v) is 2.00. The zero-order chi connectivity index (χ0) is 13.8. The first-order valence-electron chi connectivity index (χ1n) is 6.25. The number of H-pyrrole nitrogens is 1. The van der Waals surface area contributed by atoms with Gasteiger partial charge < -0.3 is 4.90 Å². The van der Waals surface area contributed by atoms with Gasteiger partial charge in [-0.05, 0) is 38.0 Å². The van der Waals surface area contributed by atoms with Crippen molar-refractivity contribution in [2.24, 2.45) is 0 Å². The molecule has 0 aliphatic rings. The lowest BCUT2D eigenvalue weighted by molar-refractivity contribution is 0.0795. The summed E-state index contributed by atoms with van der Waals surface area (Å²) in [5.74, 6) is 0.0119. The van der Waals surface area contributed by atoms with Crippen LogP contribution in [0.1, 0.15) is 27.3 Å². The normalized spacial score (nSPS) is 10.5. The van der Waals surface area contributed by atoms with Gasteiger partial charge in [-0.25, -0.2) is 0 Å². The molecule has 0 spiro atoms. The number of amides is 1. The Morgan fingerprint density at radius 1 is 1.32 bits per heavy atom. The number of aromatic nitrogens is 3. The number of nitrogens with one attached hydrogen (secondary N) is 1. The van der Waals surface area contributed by atoms with Gasteiger partial charge in [0.2, 0.25) is 0 Å². The van der Waals surface area contributed by atoms with Gasteiger partial charge in [0.05, 0.1) is 11.3 Å². The summed E-state index contributed by atoms with van der Waals surface area (Å²) in [7, 11) is 1.81. The third-order valence-electron chi connectivity index (χ3n) is 3.17. The molecule has 100 valence electrons. The van der Waals surface area contributed by atoms with Crippen LogP contribution in [0.5, 0.6) is 0 Å². The van der Waals surface area contributed by atoms with Crippen molar-refractivity contribution >= 4 is 5.91 Å². The Kier molecular flexibility index (Phi) is 3.94. The van der Waals surface area contributed by atoms with Crippen LogP contribution in [0.15, 0.2) is 24.5 Å². The molecule has 0 fully saturated rings. The van der Waals surface area contributed by atoms with Crippen molar-refractivity contribution in [3.63, 3.8) is 0 Å². The van der Waals surface area contributed by atoms with Gasteiger partial charge in [0.15, 0.2) is 0 Å². The monoisotopic (exact) mass is 258 g/mol. The number of aromatic amines is 1. The largest absolute Gasteiger partial charge is 0.341 e. The van der Waals surface area contributed by atoms with E-state index in [9.17, 15) is 4.79 Å². The summed E-state index contributed by atoms with van der Waals surface area (Å²) in [5, 5.41) is 6.90. The highest BCUT2D eigenvalue weighted by Gasteiger charge is 2.18. The maximum Gasteiger partial charge on any atom is 0.257 e. The van der Waals surface area contributed by atoms with E-state index in [1.54, 1.807) is 17.3 Å². The molecule has 1 amide bonds. The lowest BCUT2D eigenvalue weighted by Gasteiger charge is -2.17. The molecule has 2 aromatic heterocycles. The molecule has 0 aliphatic carbocycles. The second-order valence-corrected chi connectivity index (χ2v) is 4.64. The minimum Gasteiger partial charge on any atom is -0.341 e. The van der Waals surface area contributed by atoms with E-state index in [1.807, 2.05) is 33.0 Å². The van der Waals surface area contributed by atoms with Crippen LogP contribution < -0.4 is 0 Å². The predicted molar refractivity (Wildman–Crippen MR) is 73.0 cm³/mol. The van der Waals surface area contributed by atoms with Crippen LogP contribution in [0, 0.1) is 13.8 Å². The van der Waals surface area contributed by atoms with Gasteiger partial charge in [-0.15, -0.1) is 0 Å². The van der Waals surface area contributed by atoms with Crippen molar-refractivity contribution in [3.8, 4) is 0 Å². The number of likely N-dealkylation sites (N-methyl/N-ethyl adjacent to an activating group) is 1. The summed E-state index contributed by atoms with van der Waals surface area (Å²) in [6, 6.07) is 3.93. The lowest BCUT2D eigenvalue weighted by Crippen LogP contribution is -2.29. The van der Waals surface area contributed by atoms with Crippen LogP contribution in [0.4, 0.5) is 0 Å². The first-order chi connectivity index (χ1) is 9.09. The molecule has 19 heavy (non-hydrogen) atoms. The van der Waals surface area contributed by atoms with E-state index in [0.717, 1.165) is 17.8 Å². The Hall–Kier alpha value is -2.17. The standard InChI is InChI=1S/C14H18N4O/c1-10-13(11(2)17-16-10)14(19)18(3)9-6-12-4-7-15-8-5-12/h4-5,7-8H,6,9H2,1-3H3,(H,16,17). The Bertz CT molecular complexity index is 543. The Labute approximate surface area is 112 Å². The van der Waals surface area contributed by atoms with Crippen molar-refractivity contribution in [1.29, 1.82) is 0 Å². The predicted octanol–water partition coefficient (Wildman–Crippen LogP) is 1.74. The molecule has 0 unspecified atom stereocenters. The summed E-state index contributed by atoms with van der Waals surface area (Å²) in [6.07, 6.45) is 4.35. The Morgan fingerprint density at radius 3 is 2.58 bits per heavy atom. The number of hydrogen-bond acceptors (Lipinski definition) is 3. The summed E-state index contributed by atoms with van der Waals surface area (Å²) in [6.45, 7) is 4.38. The van der Waals surface area contributed by atoms with Gasteiger partial charge in [-0.2, -0.15) is 5.10 Å². The number of carbonyl (C=O) groups is 1. The van der Waals surface area contributed by atoms with Crippen molar-refractivity contribution in [2.45, 2.75) is 20.3 Å². The zero-order valence-corrected chi connectivity index (χ0v) is 11.5. The molecule has 0 bridgehead atoms. The summed E-state index contributed by atoms with van der Waals surface area (Å²) in [4.78, 5) is 18.0.